The number of aromatic nitrogens is 2. The molecule has 0 fully saturated rings. The van der Waals surface area contributed by atoms with Gasteiger partial charge in [0.2, 0.25) is 0 Å². The molecule has 0 aromatic carbocycles. The van der Waals surface area contributed by atoms with Crippen molar-refractivity contribution in [2.24, 2.45) is 0 Å². The Morgan fingerprint density at radius 1 is 1.30 bits per heavy atom. The molecule has 0 spiro atoms. The fraction of sp³-hybridized carbons (Fsp3) is 0.714. The number of alkyl halides is 2. The van der Waals surface area contributed by atoms with Crippen LogP contribution in [0.4, 0.5) is 8.78 Å². The minimum absolute atomic E-state index is 0.230. The number of hydrogen-bond donors (Lipinski definition) is 1. The first-order chi connectivity index (χ1) is 9.58. The Kier molecular flexibility index (Phi) is 5.37. The van der Waals surface area contributed by atoms with Crippen LogP contribution in [0.5, 0.6) is 0 Å². The van der Waals surface area contributed by atoms with E-state index in [0.29, 0.717) is 18.2 Å². The Hall–Kier alpha value is -1.14. The first-order valence-corrected chi connectivity index (χ1v) is 7.03. The van der Waals surface area contributed by atoms with Crippen LogP contribution in [0.3, 0.4) is 0 Å². The second-order valence-electron chi connectivity index (χ2n) is 5.25. The van der Waals surface area contributed by atoms with Crippen molar-refractivity contribution in [3.63, 3.8) is 0 Å². The maximum atomic E-state index is 12.0. The monoisotopic (exact) mass is 285 g/mol. The van der Waals surface area contributed by atoms with E-state index >= 15 is 0 Å². The third-order valence-corrected chi connectivity index (χ3v) is 3.28. The molecular formula is C14H21F2N3O. The van der Waals surface area contributed by atoms with Crippen LogP contribution in [0.1, 0.15) is 42.5 Å². The van der Waals surface area contributed by atoms with Crippen LogP contribution in [-0.2, 0) is 24.1 Å². The molecule has 6 heteroatoms. The molecule has 112 valence electrons. The molecule has 1 aliphatic rings. The van der Waals surface area contributed by atoms with Gasteiger partial charge in [-0.1, -0.05) is 13.8 Å². The van der Waals surface area contributed by atoms with E-state index in [0.717, 1.165) is 30.9 Å². The summed E-state index contributed by atoms with van der Waals surface area (Å²) in [6.45, 7) is 5.64. The smallest absolute Gasteiger partial charge is 0.261 e. The van der Waals surface area contributed by atoms with Gasteiger partial charge in [0.1, 0.15) is 12.4 Å². The molecule has 0 aliphatic carbocycles. The van der Waals surface area contributed by atoms with E-state index in [1.165, 1.54) is 5.56 Å². The summed E-state index contributed by atoms with van der Waals surface area (Å²) in [5.41, 5.74) is 3.37. The minimum atomic E-state index is -2.42. The fourth-order valence-electron chi connectivity index (χ4n) is 2.37. The lowest BCUT2D eigenvalue weighted by Gasteiger charge is -2.21. The molecule has 0 saturated heterocycles. The van der Waals surface area contributed by atoms with Gasteiger partial charge >= 0.3 is 0 Å². The highest BCUT2D eigenvalue weighted by Crippen LogP contribution is 2.22. The van der Waals surface area contributed by atoms with Crippen LogP contribution in [0, 0.1) is 0 Å². The summed E-state index contributed by atoms with van der Waals surface area (Å²) in [4.78, 5) is 9.13. The predicted molar refractivity (Wildman–Crippen MR) is 72.1 cm³/mol. The Morgan fingerprint density at radius 3 is 2.80 bits per heavy atom. The average Bonchev–Trinajstić information content (AvgIpc) is 2.42. The fourth-order valence-corrected chi connectivity index (χ4v) is 2.37. The van der Waals surface area contributed by atoms with Crippen LogP contribution in [0.2, 0.25) is 0 Å². The van der Waals surface area contributed by atoms with E-state index in [-0.39, 0.29) is 6.61 Å². The molecule has 1 N–H and O–H groups in total. The van der Waals surface area contributed by atoms with E-state index in [1.807, 2.05) is 0 Å². The van der Waals surface area contributed by atoms with E-state index in [4.69, 9.17) is 4.74 Å². The maximum absolute atomic E-state index is 12.0. The third-order valence-electron chi connectivity index (χ3n) is 3.28. The van der Waals surface area contributed by atoms with Crippen LogP contribution >= 0.6 is 0 Å². The molecule has 1 aromatic rings. The number of nitrogens with one attached hydrogen (secondary N) is 1. The quantitative estimate of drug-likeness (QED) is 0.813. The molecule has 2 rings (SSSR count). The summed E-state index contributed by atoms with van der Waals surface area (Å²) in [5.74, 6) is 1.02. The van der Waals surface area contributed by atoms with Crippen molar-refractivity contribution in [2.45, 2.75) is 45.6 Å². The Labute approximate surface area is 118 Å². The van der Waals surface area contributed by atoms with Gasteiger partial charge in [0.25, 0.3) is 6.43 Å². The zero-order valence-electron chi connectivity index (χ0n) is 12.0. The van der Waals surface area contributed by atoms with E-state index in [2.05, 4.69) is 29.1 Å². The number of ether oxygens (including phenoxy) is 1. The lowest BCUT2D eigenvalue weighted by atomic mass is 9.97. The summed E-state index contributed by atoms with van der Waals surface area (Å²) >= 11 is 0. The van der Waals surface area contributed by atoms with Gasteiger partial charge in [-0.05, 0) is 24.4 Å². The van der Waals surface area contributed by atoms with Gasteiger partial charge in [-0.3, -0.25) is 0 Å². The molecule has 2 heterocycles. The molecule has 1 aliphatic heterocycles. The van der Waals surface area contributed by atoms with Crippen LogP contribution in [-0.4, -0.2) is 36.2 Å². The van der Waals surface area contributed by atoms with Crippen molar-refractivity contribution in [3.8, 4) is 0 Å². The van der Waals surface area contributed by atoms with Gasteiger partial charge in [0, 0.05) is 13.0 Å². The molecular weight excluding hydrogens is 264 g/mol. The maximum Gasteiger partial charge on any atom is 0.261 e. The van der Waals surface area contributed by atoms with Gasteiger partial charge in [-0.2, -0.15) is 0 Å². The lowest BCUT2D eigenvalue weighted by Crippen LogP contribution is -2.27. The number of halogens is 2. The van der Waals surface area contributed by atoms with Crippen molar-refractivity contribution in [1.82, 2.24) is 15.3 Å². The molecule has 0 atom stereocenters. The highest BCUT2D eigenvalue weighted by atomic mass is 19.3. The molecule has 0 bridgehead atoms. The second kappa shape index (κ2) is 7.04. The zero-order valence-corrected chi connectivity index (χ0v) is 12.0. The molecule has 0 unspecified atom stereocenters. The first kappa shape index (κ1) is 15.3. The average molecular weight is 285 g/mol. The minimum Gasteiger partial charge on any atom is -0.375 e. The summed E-state index contributed by atoms with van der Waals surface area (Å²) in [5, 5.41) is 3.30. The molecule has 4 nitrogen and oxygen atoms in total. The van der Waals surface area contributed by atoms with Gasteiger partial charge in [0.05, 0.1) is 18.0 Å². The Balaban J connectivity index is 2.07. The summed E-state index contributed by atoms with van der Waals surface area (Å²) in [7, 11) is 0. The topological polar surface area (TPSA) is 47.0 Å². The zero-order chi connectivity index (χ0) is 14.5. The molecule has 1 aromatic heterocycles. The predicted octanol–water partition coefficient (Wildman–Crippen LogP) is 2.07. The van der Waals surface area contributed by atoms with Gasteiger partial charge in [-0.25, -0.2) is 18.7 Å². The third kappa shape index (κ3) is 3.93. The highest BCUT2D eigenvalue weighted by Gasteiger charge is 2.19. The van der Waals surface area contributed by atoms with Gasteiger partial charge in [0.15, 0.2) is 0 Å². The van der Waals surface area contributed by atoms with Crippen molar-refractivity contribution >= 4 is 0 Å². The number of rotatable bonds is 6. The largest absolute Gasteiger partial charge is 0.375 e. The molecule has 0 saturated carbocycles. The molecule has 20 heavy (non-hydrogen) atoms. The van der Waals surface area contributed by atoms with Crippen LogP contribution in [0.25, 0.3) is 0 Å². The lowest BCUT2D eigenvalue weighted by molar-refractivity contribution is 0.0182. The van der Waals surface area contributed by atoms with Gasteiger partial charge in [-0.15, -0.1) is 0 Å². The number of hydrogen-bond acceptors (Lipinski definition) is 4. The Bertz CT molecular complexity index is 452. The van der Waals surface area contributed by atoms with Crippen LogP contribution in [0.15, 0.2) is 0 Å². The van der Waals surface area contributed by atoms with Crippen molar-refractivity contribution < 1.29 is 13.5 Å². The second-order valence-corrected chi connectivity index (χ2v) is 5.25. The van der Waals surface area contributed by atoms with Crippen molar-refractivity contribution in [2.75, 3.05) is 19.8 Å². The number of fused-ring (bicyclic) bond motifs is 1. The Morgan fingerprint density at radius 2 is 2.10 bits per heavy atom. The van der Waals surface area contributed by atoms with Crippen LogP contribution < -0.4 is 5.32 Å². The van der Waals surface area contributed by atoms with E-state index in [9.17, 15) is 8.78 Å². The van der Waals surface area contributed by atoms with Crippen molar-refractivity contribution in [1.29, 1.82) is 0 Å². The summed E-state index contributed by atoms with van der Waals surface area (Å²) in [6.07, 6.45) is -1.00. The van der Waals surface area contributed by atoms with Gasteiger partial charge < -0.3 is 10.1 Å². The van der Waals surface area contributed by atoms with Crippen molar-refractivity contribution in [3.05, 3.63) is 22.8 Å². The molecule has 0 radical (unpaired) electrons. The highest BCUT2D eigenvalue weighted by molar-refractivity contribution is 5.30. The summed E-state index contributed by atoms with van der Waals surface area (Å²) in [6, 6.07) is 0. The number of nitrogens with zero attached hydrogens (tertiary/aromatic N) is 2. The standard InChI is InChI=1S/C14H21F2N3O/c1-9(2)14-10-3-5-17-7-11(10)18-13(19-14)4-6-20-8-12(15)16/h9,12,17H,3-8H2,1-2H3. The molecule has 0 amide bonds. The first-order valence-electron chi connectivity index (χ1n) is 7.03. The SMILES string of the molecule is CC(C)c1nc(CCOCC(F)F)nc2c1CCNC2. The normalized spacial score (nSPS) is 14.9. The van der Waals surface area contributed by atoms with E-state index in [1.54, 1.807) is 0 Å². The van der Waals surface area contributed by atoms with E-state index < -0.39 is 13.0 Å². The summed E-state index contributed by atoms with van der Waals surface area (Å²) < 4.78 is 28.9.